The number of carbonyl (C=O) groups excluding carboxylic acids is 1. The number of nitrogens with one attached hydrogen (secondary N) is 1. The fourth-order valence-electron chi connectivity index (χ4n) is 3.53. The number of aryl methyl sites for hydroxylation is 1. The van der Waals surface area contributed by atoms with Crippen molar-refractivity contribution in [2.75, 3.05) is 16.8 Å². The summed E-state index contributed by atoms with van der Waals surface area (Å²) in [4.78, 5) is 23.4. The van der Waals surface area contributed by atoms with E-state index in [9.17, 15) is 23.3 Å². The third-order valence-corrected chi connectivity index (χ3v) is 7.75. The molecule has 0 spiro atoms. The molecule has 1 N–H and O–H groups in total. The van der Waals surface area contributed by atoms with Crippen molar-refractivity contribution in [2.45, 2.75) is 30.9 Å². The summed E-state index contributed by atoms with van der Waals surface area (Å²) >= 11 is 1.67. The SMILES string of the molecule is Cc1ccc(C(=O)Nc2c3c(nn2C2CCS(=O)(=O)C2)CSC3)cc1[N+](=O)[O-]. The maximum absolute atomic E-state index is 12.8. The second-order valence-electron chi connectivity index (χ2n) is 6.98. The van der Waals surface area contributed by atoms with Crippen molar-refractivity contribution in [3.05, 3.63) is 50.7 Å². The maximum Gasteiger partial charge on any atom is 0.273 e. The first-order valence-electron chi connectivity index (χ1n) is 8.70. The van der Waals surface area contributed by atoms with E-state index in [2.05, 4.69) is 10.4 Å². The standard InChI is InChI=1S/C17H18N4O5S2/c1-10-2-3-11(6-15(10)21(23)24)17(22)18-16-13-7-27-8-14(13)19-20(16)12-4-5-28(25,26)9-12/h2-3,6,12H,4-5,7-9H2,1H3,(H,18,22). The van der Waals surface area contributed by atoms with E-state index in [1.54, 1.807) is 23.4 Å². The Balaban J connectivity index is 1.67. The van der Waals surface area contributed by atoms with Crippen molar-refractivity contribution < 1.29 is 18.1 Å². The van der Waals surface area contributed by atoms with Gasteiger partial charge in [-0.3, -0.25) is 14.9 Å². The average molecular weight is 422 g/mol. The molecule has 1 unspecified atom stereocenters. The van der Waals surface area contributed by atoms with E-state index in [4.69, 9.17) is 0 Å². The number of nitrogens with zero attached hydrogens (tertiary/aromatic N) is 3. The normalized spacial score (nSPS) is 20.1. The first kappa shape index (κ1) is 18.9. The molecule has 1 aromatic carbocycles. The summed E-state index contributed by atoms with van der Waals surface area (Å²) in [5.41, 5.74) is 2.26. The molecule has 1 amide bonds. The van der Waals surface area contributed by atoms with Crippen molar-refractivity contribution in [1.82, 2.24) is 9.78 Å². The van der Waals surface area contributed by atoms with Gasteiger partial charge in [-0.05, 0) is 19.4 Å². The smallest absolute Gasteiger partial charge is 0.273 e. The van der Waals surface area contributed by atoms with Crippen LogP contribution in [-0.4, -0.2) is 40.5 Å². The molecule has 0 bridgehead atoms. The second-order valence-corrected chi connectivity index (χ2v) is 10.2. The predicted molar refractivity (Wildman–Crippen MR) is 105 cm³/mol. The molecular formula is C17H18N4O5S2. The predicted octanol–water partition coefficient (Wildman–Crippen LogP) is 2.46. The number of thioether (sulfide) groups is 1. The lowest BCUT2D eigenvalue weighted by atomic mass is 10.1. The van der Waals surface area contributed by atoms with E-state index >= 15 is 0 Å². The van der Waals surface area contributed by atoms with Gasteiger partial charge in [-0.1, -0.05) is 6.07 Å². The third-order valence-electron chi connectivity index (χ3n) is 5.03. The quantitative estimate of drug-likeness (QED) is 0.593. The largest absolute Gasteiger partial charge is 0.306 e. The van der Waals surface area contributed by atoms with Crippen molar-refractivity contribution >= 4 is 39.0 Å². The van der Waals surface area contributed by atoms with Crippen LogP contribution in [-0.2, 0) is 21.3 Å². The number of aromatic nitrogens is 2. The number of carbonyl (C=O) groups is 1. The molecule has 1 aromatic heterocycles. The van der Waals surface area contributed by atoms with Gasteiger partial charge < -0.3 is 5.32 Å². The molecule has 1 atom stereocenters. The Morgan fingerprint density at radius 1 is 1.39 bits per heavy atom. The molecule has 2 aliphatic rings. The van der Waals surface area contributed by atoms with Gasteiger partial charge in [0, 0.05) is 34.3 Å². The van der Waals surface area contributed by atoms with Gasteiger partial charge in [-0.25, -0.2) is 13.1 Å². The summed E-state index contributed by atoms with van der Waals surface area (Å²) in [6.07, 6.45) is 0.453. The van der Waals surface area contributed by atoms with Crippen LogP contribution in [0.2, 0.25) is 0 Å². The number of nitro benzene ring substituents is 1. The van der Waals surface area contributed by atoms with Gasteiger partial charge in [-0.2, -0.15) is 16.9 Å². The van der Waals surface area contributed by atoms with E-state index in [1.165, 1.54) is 18.2 Å². The number of anilines is 1. The fourth-order valence-corrected chi connectivity index (χ4v) is 6.25. The van der Waals surface area contributed by atoms with Crippen molar-refractivity contribution in [2.24, 2.45) is 0 Å². The minimum absolute atomic E-state index is 0.000420. The van der Waals surface area contributed by atoms with E-state index in [0.29, 0.717) is 29.3 Å². The van der Waals surface area contributed by atoms with Crippen LogP contribution < -0.4 is 5.32 Å². The maximum atomic E-state index is 12.8. The molecule has 1 saturated heterocycles. The van der Waals surface area contributed by atoms with Gasteiger partial charge in [0.2, 0.25) is 0 Å². The van der Waals surface area contributed by atoms with Crippen LogP contribution in [0, 0.1) is 17.0 Å². The van der Waals surface area contributed by atoms with Crippen LogP contribution in [0.3, 0.4) is 0 Å². The van der Waals surface area contributed by atoms with E-state index < -0.39 is 20.7 Å². The molecule has 9 nitrogen and oxygen atoms in total. The minimum atomic E-state index is -3.11. The molecule has 0 saturated carbocycles. The Bertz CT molecular complexity index is 1090. The highest BCUT2D eigenvalue weighted by atomic mass is 32.2. The summed E-state index contributed by atoms with van der Waals surface area (Å²) in [6, 6.07) is 4.00. The number of hydrogen-bond acceptors (Lipinski definition) is 7. The molecule has 2 aromatic rings. The Morgan fingerprint density at radius 3 is 2.86 bits per heavy atom. The summed E-state index contributed by atoms with van der Waals surface area (Å²) in [7, 11) is -3.11. The van der Waals surface area contributed by atoms with Gasteiger partial charge in [0.05, 0.1) is 28.2 Å². The lowest BCUT2D eigenvalue weighted by Crippen LogP contribution is -2.20. The van der Waals surface area contributed by atoms with Crippen molar-refractivity contribution in [3.8, 4) is 0 Å². The highest BCUT2D eigenvalue weighted by Gasteiger charge is 2.34. The first-order valence-corrected chi connectivity index (χ1v) is 11.7. The number of amides is 1. The van der Waals surface area contributed by atoms with Gasteiger partial charge in [0.25, 0.3) is 11.6 Å². The Morgan fingerprint density at radius 2 is 2.18 bits per heavy atom. The van der Waals surface area contributed by atoms with Crippen LogP contribution in [0.4, 0.5) is 11.5 Å². The highest BCUT2D eigenvalue weighted by molar-refractivity contribution is 7.98. The van der Waals surface area contributed by atoms with Crippen molar-refractivity contribution in [3.63, 3.8) is 0 Å². The zero-order valence-electron chi connectivity index (χ0n) is 15.0. The van der Waals surface area contributed by atoms with Gasteiger partial charge in [0.15, 0.2) is 9.84 Å². The van der Waals surface area contributed by atoms with Crippen LogP contribution >= 0.6 is 11.8 Å². The zero-order valence-corrected chi connectivity index (χ0v) is 16.7. The van der Waals surface area contributed by atoms with Crippen LogP contribution in [0.25, 0.3) is 0 Å². The van der Waals surface area contributed by atoms with E-state index in [0.717, 1.165) is 11.3 Å². The Kier molecular flexibility index (Phi) is 4.66. The van der Waals surface area contributed by atoms with Crippen molar-refractivity contribution in [1.29, 1.82) is 0 Å². The van der Waals surface area contributed by atoms with Crippen LogP contribution in [0.1, 0.15) is 39.6 Å². The number of hydrogen-bond donors (Lipinski definition) is 1. The number of sulfone groups is 1. The molecular weight excluding hydrogens is 404 g/mol. The van der Waals surface area contributed by atoms with E-state index in [-0.39, 0.29) is 28.8 Å². The zero-order chi connectivity index (χ0) is 20.1. The minimum Gasteiger partial charge on any atom is -0.306 e. The lowest BCUT2D eigenvalue weighted by Gasteiger charge is -2.15. The lowest BCUT2D eigenvalue weighted by molar-refractivity contribution is -0.385. The molecule has 11 heteroatoms. The second kappa shape index (κ2) is 6.89. The fraction of sp³-hybridized carbons (Fsp3) is 0.412. The average Bonchev–Trinajstić information content (AvgIpc) is 3.30. The molecule has 28 heavy (non-hydrogen) atoms. The Labute approximate surface area is 165 Å². The molecule has 4 rings (SSSR count). The molecule has 3 heterocycles. The van der Waals surface area contributed by atoms with E-state index in [1.807, 2.05) is 0 Å². The molecule has 0 radical (unpaired) electrons. The van der Waals surface area contributed by atoms with Crippen LogP contribution in [0.5, 0.6) is 0 Å². The number of rotatable bonds is 4. The molecule has 148 valence electrons. The highest BCUT2D eigenvalue weighted by Crippen LogP contribution is 2.38. The molecule has 1 fully saturated rings. The van der Waals surface area contributed by atoms with Gasteiger partial charge in [0.1, 0.15) is 5.82 Å². The first-order chi connectivity index (χ1) is 13.2. The topological polar surface area (TPSA) is 124 Å². The third kappa shape index (κ3) is 3.39. The Hall–Kier alpha value is -2.40. The summed E-state index contributed by atoms with van der Waals surface area (Å²) in [6.45, 7) is 1.61. The number of fused-ring (bicyclic) bond motifs is 1. The van der Waals surface area contributed by atoms with Gasteiger partial charge in [-0.15, -0.1) is 0 Å². The number of benzene rings is 1. The monoisotopic (exact) mass is 422 g/mol. The van der Waals surface area contributed by atoms with Crippen LogP contribution in [0.15, 0.2) is 18.2 Å². The van der Waals surface area contributed by atoms with Gasteiger partial charge >= 0.3 is 0 Å². The molecule has 2 aliphatic heterocycles. The summed E-state index contributed by atoms with van der Waals surface area (Å²) in [5, 5.41) is 18.5. The molecule has 0 aliphatic carbocycles. The summed E-state index contributed by atoms with van der Waals surface area (Å²) in [5.74, 6) is 1.51. The summed E-state index contributed by atoms with van der Waals surface area (Å²) < 4.78 is 25.4. The number of nitro groups is 1.